The summed E-state index contributed by atoms with van der Waals surface area (Å²) < 4.78 is 26.5. The highest BCUT2D eigenvalue weighted by Crippen LogP contribution is 2.20. The van der Waals surface area contributed by atoms with E-state index in [1.165, 1.54) is 16.6 Å². The Balaban J connectivity index is 3.03. The van der Waals surface area contributed by atoms with E-state index in [1.54, 1.807) is 6.07 Å². The highest BCUT2D eigenvalue weighted by atomic mass is 32.2. The van der Waals surface area contributed by atoms with Crippen LogP contribution in [-0.2, 0) is 10.0 Å². The number of sulfonamides is 1. The zero-order valence-corrected chi connectivity index (χ0v) is 12.5. The van der Waals surface area contributed by atoms with Crippen LogP contribution in [0.5, 0.6) is 0 Å². The molecule has 7 heteroatoms. The van der Waals surface area contributed by atoms with E-state index in [1.807, 2.05) is 25.9 Å². The summed E-state index contributed by atoms with van der Waals surface area (Å²) >= 11 is 0. The van der Waals surface area contributed by atoms with Crippen molar-refractivity contribution in [2.24, 2.45) is 0 Å². The minimum absolute atomic E-state index is 0.0495. The average molecular weight is 286 g/mol. The molecular formula is C12H22N4O2S. The number of aromatic nitrogens is 1. The first-order chi connectivity index (χ1) is 8.89. The normalized spacial score (nSPS) is 12.3. The number of nitrogens with two attached hydrogens (primary N) is 1. The molecule has 2 N–H and O–H groups in total. The molecule has 0 spiro atoms. The van der Waals surface area contributed by atoms with Crippen LogP contribution in [0.4, 0.5) is 5.82 Å². The minimum atomic E-state index is -3.57. The van der Waals surface area contributed by atoms with Gasteiger partial charge in [0, 0.05) is 25.8 Å². The summed E-state index contributed by atoms with van der Waals surface area (Å²) in [6.07, 6.45) is 2.24. The van der Waals surface area contributed by atoms with Gasteiger partial charge in [-0.1, -0.05) is 6.92 Å². The Hall–Kier alpha value is -1.18. The SMILES string of the molecule is CCCN(CCN(C)C)S(=O)(=O)c1cccnc1N. The highest BCUT2D eigenvalue weighted by Gasteiger charge is 2.26. The summed E-state index contributed by atoms with van der Waals surface area (Å²) in [7, 11) is 0.253. The second-order valence-electron chi connectivity index (χ2n) is 4.59. The Labute approximate surface area is 115 Å². The third kappa shape index (κ3) is 4.15. The van der Waals surface area contributed by atoms with Crippen LogP contribution in [0.25, 0.3) is 0 Å². The molecule has 1 aromatic rings. The smallest absolute Gasteiger partial charge is 0.246 e. The van der Waals surface area contributed by atoms with Gasteiger partial charge >= 0.3 is 0 Å². The maximum absolute atomic E-state index is 12.5. The molecule has 6 nitrogen and oxygen atoms in total. The second kappa shape index (κ2) is 6.83. The lowest BCUT2D eigenvalue weighted by Gasteiger charge is -2.23. The van der Waals surface area contributed by atoms with E-state index in [0.717, 1.165) is 6.42 Å². The maximum atomic E-state index is 12.5. The molecule has 0 aliphatic rings. The summed E-state index contributed by atoms with van der Waals surface area (Å²) in [6.45, 7) is 3.53. The van der Waals surface area contributed by atoms with Gasteiger partial charge in [0.15, 0.2) is 0 Å². The zero-order chi connectivity index (χ0) is 14.5. The summed E-state index contributed by atoms with van der Waals surface area (Å²) in [5.41, 5.74) is 5.67. The summed E-state index contributed by atoms with van der Waals surface area (Å²) in [6, 6.07) is 3.08. The van der Waals surface area contributed by atoms with Crippen LogP contribution >= 0.6 is 0 Å². The van der Waals surface area contributed by atoms with E-state index in [-0.39, 0.29) is 10.7 Å². The molecule has 0 saturated heterocycles. The van der Waals surface area contributed by atoms with Gasteiger partial charge in [-0.3, -0.25) is 0 Å². The second-order valence-corrected chi connectivity index (χ2v) is 6.50. The molecular weight excluding hydrogens is 264 g/mol. The highest BCUT2D eigenvalue weighted by molar-refractivity contribution is 7.89. The number of pyridine rings is 1. The van der Waals surface area contributed by atoms with Crippen LogP contribution in [0.15, 0.2) is 23.2 Å². The summed E-state index contributed by atoms with van der Waals surface area (Å²) in [5, 5.41) is 0. The predicted molar refractivity (Wildman–Crippen MR) is 76.3 cm³/mol. The number of nitrogen functional groups attached to an aromatic ring is 1. The van der Waals surface area contributed by atoms with E-state index in [4.69, 9.17) is 5.73 Å². The average Bonchev–Trinajstić information content (AvgIpc) is 2.34. The molecule has 0 aliphatic heterocycles. The molecule has 0 amide bonds. The topological polar surface area (TPSA) is 79.5 Å². The van der Waals surface area contributed by atoms with Crippen molar-refractivity contribution in [1.82, 2.24) is 14.2 Å². The number of hydrogen-bond acceptors (Lipinski definition) is 5. The lowest BCUT2D eigenvalue weighted by molar-refractivity contribution is 0.333. The molecule has 1 aromatic heterocycles. The molecule has 0 atom stereocenters. The Morgan fingerprint density at radius 2 is 1.95 bits per heavy atom. The molecule has 0 fully saturated rings. The number of rotatable bonds is 7. The van der Waals surface area contributed by atoms with Crippen molar-refractivity contribution in [3.05, 3.63) is 18.3 Å². The van der Waals surface area contributed by atoms with Crippen LogP contribution in [0.3, 0.4) is 0 Å². The van der Waals surface area contributed by atoms with Crippen LogP contribution in [0, 0.1) is 0 Å². The standard InChI is InChI=1S/C12H22N4O2S/c1-4-8-16(10-9-15(2)3)19(17,18)11-6-5-7-14-12(11)13/h5-7H,4,8-10H2,1-3H3,(H2,13,14). The lowest BCUT2D eigenvalue weighted by Crippen LogP contribution is -2.37. The van der Waals surface area contributed by atoms with Gasteiger partial charge in [-0.2, -0.15) is 4.31 Å². The molecule has 19 heavy (non-hydrogen) atoms. The fourth-order valence-electron chi connectivity index (χ4n) is 1.67. The van der Waals surface area contributed by atoms with E-state index in [2.05, 4.69) is 4.98 Å². The van der Waals surface area contributed by atoms with Crippen molar-refractivity contribution in [2.45, 2.75) is 18.2 Å². The van der Waals surface area contributed by atoms with Gasteiger partial charge < -0.3 is 10.6 Å². The molecule has 1 heterocycles. The van der Waals surface area contributed by atoms with Gasteiger partial charge in [0.05, 0.1) is 0 Å². The monoisotopic (exact) mass is 286 g/mol. The van der Waals surface area contributed by atoms with Crippen molar-refractivity contribution in [3.8, 4) is 0 Å². The van der Waals surface area contributed by atoms with E-state index in [9.17, 15) is 8.42 Å². The molecule has 1 rings (SSSR count). The van der Waals surface area contributed by atoms with Crippen LogP contribution in [-0.4, -0.2) is 56.3 Å². The quantitative estimate of drug-likeness (QED) is 0.795. The third-order valence-corrected chi connectivity index (χ3v) is 4.63. The molecule has 0 unspecified atom stereocenters. The molecule has 0 aliphatic carbocycles. The zero-order valence-electron chi connectivity index (χ0n) is 11.7. The maximum Gasteiger partial charge on any atom is 0.246 e. The molecule has 0 saturated carbocycles. The number of hydrogen-bond donors (Lipinski definition) is 1. The lowest BCUT2D eigenvalue weighted by atomic mass is 10.4. The Bertz CT molecular complexity index is 502. The van der Waals surface area contributed by atoms with Crippen molar-refractivity contribution < 1.29 is 8.42 Å². The largest absolute Gasteiger partial charge is 0.383 e. The Morgan fingerprint density at radius 3 is 2.47 bits per heavy atom. The number of likely N-dealkylation sites (N-methyl/N-ethyl adjacent to an activating group) is 1. The minimum Gasteiger partial charge on any atom is -0.383 e. The van der Waals surface area contributed by atoms with Crippen LogP contribution < -0.4 is 5.73 Å². The van der Waals surface area contributed by atoms with Crippen LogP contribution in [0.1, 0.15) is 13.3 Å². The molecule has 0 radical (unpaired) electrons. The van der Waals surface area contributed by atoms with Crippen molar-refractivity contribution in [3.63, 3.8) is 0 Å². The number of nitrogens with zero attached hydrogens (tertiary/aromatic N) is 3. The van der Waals surface area contributed by atoms with Crippen molar-refractivity contribution in [2.75, 3.05) is 39.5 Å². The van der Waals surface area contributed by atoms with Crippen molar-refractivity contribution in [1.29, 1.82) is 0 Å². The molecule has 0 aromatic carbocycles. The number of anilines is 1. The fraction of sp³-hybridized carbons (Fsp3) is 0.583. The molecule has 0 bridgehead atoms. The van der Waals surface area contributed by atoms with Gasteiger partial charge in [0.2, 0.25) is 10.0 Å². The van der Waals surface area contributed by atoms with E-state index < -0.39 is 10.0 Å². The Morgan fingerprint density at radius 1 is 1.26 bits per heavy atom. The first-order valence-electron chi connectivity index (χ1n) is 6.25. The predicted octanol–water partition coefficient (Wildman–Crippen LogP) is 0.626. The van der Waals surface area contributed by atoms with Gasteiger partial charge in [0.25, 0.3) is 0 Å². The Kier molecular flexibility index (Phi) is 5.71. The van der Waals surface area contributed by atoms with Gasteiger partial charge in [-0.15, -0.1) is 0 Å². The van der Waals surface area contributed by atoms with Gasteiger partial charge in [0.1, 0.15) is 10.7 Å². The van der Waals surface area contributed by atoms with E-state index >= 15 is 0 Å². The fourth-order valence-corrected chi connectivity index (χ4v) is 3.26. The summed E-state index contributed by atoms with van der Waals surface area (Å²) in [4.78, 5) is 5.88. The molecule has 108 valence electrons. The van der Waals surface area contributed by atoms with Gasteiger partial charge in [-0.25, -0.2) is 13.4 Å². The van der Waals surface area contributed by atoms with Crippen molar-refractivity contribution >= 4 is 15.8 Å². The first-order valence-corrected chi connectivity index (χ1v) is 7.69. The van der Waals surface area contributed by atoms with Crippen LogP contribution in [0.2, 0.25) is 0 Å². The first kappa shape index (κ1) is 15.9. The van der Waals surface area contributed by atoms with E-state index in [0.29, 0.717) is 19.6 Å². The van der Waals surface area contributed by atoms with Gasteiger partial charge in [-0.05, 0) is 32.6 Å². The third-order valence-electron chi connectivity index (χ3n) is 2.69. The summed E-state index contributed by atoms with van der Waals surface area (Å²) in [5.74, 6) is 0.0495.